The van der Waals surface area contributed by atoms with E-state index in [1.807, 2.05) is 6.92 Å². The third-order valence-electron chi connectivity index (χ3n) is 4.45. The summed E-state index contributed by atoms with van der Waals surface area (Å²) in [7, 11) is 2.13. The highest BCUT2D eigenvalue weighted by Gasteiger charge is 2.23. The van der Waals surface area contributed by atoms with Gasteiger partial charge in [0, 0.05) is 40.9 Å². The minimum atomic E-state index is -1.26. The van der Waals surface area contributed by atoms with E-state index in [-0.39, 0.29) is 5.91 Å². The molecule has 0 saturated carbocycles. The normalized spacial score (nSPS) is 14.9. The van der Waals surface area contributed by atoms with E-state index >= 15 is 0 Å². The van der Waals surface area contributed by atoms with E-state index in [1.165, 1.54) is 0 Å². The Labute approximate surface area is 180 Å². The van der Waals surface area contributed by atoms with Gasteiger partial charge >= 0.3 is 11.9 Å². The Morgan fingerprint density at radius 1 is 1.07 bits per heavy atom. The molecule has 0 radical (unpaired) electrons. The molecule has 0 aliphatic carbocycles. The van der Waals surface area contributed by atoms with Gasteiger partial charge in [0.15, 0.2) is 0 Å². The lowest BCUT2D eigenvalue weighted by atomic mass is 9.93. The highest BCUT2D eigenvalue weighted by atomic mass is 35.5. The maximum atomic E-state index is 12.6. The second-order valence-electron chi connectivity index (χ2n) is 6.73. The molecule has 1 aliphatic heterocycles. The molecule has 2 rings (SSSR count). The summed E-state index contributed by atoms with van der Waals surface area (Å²) in [6.07, 6.45) is 3.91. The summed E-state index contributed by atoms with van der Waals surface area (Å²) in [5.41, 5.74) is 0.785. The molecule has 29 heavy (non-hydrogen) atoms. The second-order valence-corrected chi connectivity index (χ2v) is 7.60. The van der Waals surface area contributed by atoms with E-state index in [0.29, 0.717) is 41.1 Å². The average Bonchev–Trinajstić information content (AvgIpc) is 2.62. The van der Waals surface area contributed by atoms with Crippen molar-refractivity contribution >= 4 is 46.7 Å². The topological polar surface area (TPSA) is 98.2 Å². The number of halogens is 2. The standard InChI is InChI=1S/C16H22Cl2N2O.C4H4O4/c1-3-20(15-10-13(17)9-14(18)11-15)16(21)8-12-4-6-19(2)7-5-12;5-3(6)1-2-4(7)8/h9-12H,3-8H2,1-2H3;1-2H,(H,5,6)(H,7,8)/b;2-1+. The molecule has 0 aromatic heterocycles. The number of piperidine rings is 1. The lowest BCUT2D eigenvalue weighted by Crippen LogP contribution is -2.36. The molecular formula is C20H26Cl2N2O5. The van der Waals surface area contributed by atoms with Crippen molar-refractivity contribution in [1.82, 2.24) is 4.90 Å². The molecule has 1 aromatic carbocycles. The maximum Gasteiger partial charge on any atom is 0.328 e. The Morgan fingerprint density at radius 3 is 1.97 bits per heavy atom. The number of carboxylic acids is 2. The number of carboxylic acid groups (broad SMARTS) is 2. The van der Waals surface area contributed by atoms with Gasteiger partial charge in [0.1, 0.15) is 0 Å². The number of nitrogens with zero attached hydrogens (tertiary/aromatic N) is 2. The van der Waals surface area contributed by atoms with E-state index in [2.05, 4.69) is 11.9 Å². The smallest absolute Gasteiger partial charge is 0.328 e. The van der Waals surface area contributed by atoms with Crippen molar-refractivity contribution in [1.29, 1.82) is 0 Å². The second kappa shape index (κ2) is 12.5. The van der Waals surface area contributed by atoms with Crippen LogP contribution in [-0.2, 0) is 14.4 Å². The summed E-state index contributed by atoms with van der Waals surface area (Å²) in [5, 5.41) is 16.7. The molecular weight excluding hydrogens is 419 g/mol. The van der Waals surface area contributed by atoms with Gasteiger partial charge in [-0.1, -0.05) is 23.2 Å². The van der Waals surface area contributed by atoms with Crippen LogP contribution in [0.25, 0.3) is 0 Å². The van der Waals surface area contributed by atoms with Crippen LogP contribution in [0.4, 0.5) is 5.69 Å². The van der Waals surface area contributed by atoms with Gasteiger partial charge in [-0.25, -0.2) is 9.59 Å². The Morgan fingerprint density at radius 2 is 1.55 bits per heavy atom. The zero-order valence-electron chi connectivity index (χ0n) is 16.5. The molecule has 1 heterocycles. The van der Waals surface area contributed by atoms with Gasteiger partial charge in [0.2, 0.25) is 5.91 Å². The molecule has 0 unspecified atom stereocenters. The fraction of sp³-hybridized carbons (Fsp3) is 0.450. The zero-order valence-corrected chi connectivity index (χ0v) is 18.0. The van der Waals surface area contributed by atoms with Crippen LogP contribution in [0, 0.1) is 5.92 Å². The molecule has 1 aliphatic rings. The molecule has 0 bridgehead atoms. The monoisotopic (exact) mass is 444 g/mol. The summed E-state index contributed by atoms with van der Waals surface area (Å²) < 4.78 is 0. The number of hydrogen-bond donors (Lipinski definition) is 2. The van der Waals surface area contributed by atoms with E-state index in [1.54, 1.807) is 23.1 Å². The van der Waals surface area contributed by atoms with Gasteiger partial charge in [0.05, 0.1) is 0 Å². The van der Waals surface area contributed by atoms with E-state index in [4.69, 9.17) is 33.4 Å². The van der Waals surface area contributed by atoms with E-state index in [0.717, 1.165) is 31.6 Å². The number of rotatable bonds is 6. The minimum absolute atomic E-state index is 0.158. The van der Waals surface area contributed by atoms with Crippen molar-refractivity contribution in [2.24, 2.45) is 5.92 Å². The lowest BCUT2D eigenvalue weighted by Gasteiger charge is -2.30. The van der Waals surface area contributed by atoms with Gasteiger partial charge in [-0.05, 0) is 64.0 Å². The zero-order chi connectivity index (χ0) is 22.0. The SMILES string of the molecule is CCN(C(=O)CC1CCN(C)CC1)c1cc(Cl)cc(Cl)c1.O=C(O)/C=C/C(=O)O. The van der Waals surface area contributed by atoms with Crippen molar-refractivity contribution in [3.63, 3.8) is 0 Å². The Kier molecular flexibility index (Phi) is 10.7. The quantitative estimate of drug-likeness (QED) is 0.647. The number of carbonyl (C=O) groups excluding carboxylic acids is 1. The Balaban J connectivity index is 0.000000447. The minimum Gasteiger partial charge on any atom is -0.478 e. The van der Waals surface area contributed by atoms with Crippen LogP contribution in [0.2, 0.25) is 10.0 Å². The Hall–Kier alpha value is -2.09. The first-order valence-electron chi connectivity index (χ1n) is 9.21. The molecule has 9 heteroatoms. The lowest BCUT2D eigenvalue weighted by molar-refractivity contribution is -0.134. The summed E-state index contributed by atoms with van der Waals surface area (Å²) in [6.45, 7) is 4.75. The maximum absolute atomic E-state index is 12.6. The molecule has 1 saturated heterocycles. The number of anilines is 1. The van der Waals surface area contributed by atoms with E-state index < -0.39 is 11.9 Å². The third kappa shape index (κ3) is 9.78. The van der Waals surface area contributed by atoms with Crippen LogP contribution in [0.3, 0.4) is 0 Å². The van der Waals surface area contributed by atoms with Crippen molar-refractivity contribution < 1.29 is 24.6 Å². The summed E-state index contributed by atoms with van der Waals surface area (Å²) in [5.74, 6) is -1.87. The third-order valence-corrected chi connectivity index (χ3v) is 4.88. The number of hydrogen-bond acceptors (Lipinski definition) is 4. The highest BCUT2D eigenvalue weighted by molar-refractivity contribution is 6.35. The van der Waals surface area contributed by atoms with Crippen molar-refractivity contribution in [2.75, 3.05) is 31.6 Å². The number of amides is 1. The molecule has 2 N–H and O–H groups in total. The molecule has 1 amide bonds. The molecule has 1 aromatic rings. The predicted octanol–water partition coefficient (Wildman–Crippen LogP) is 3.79. The van der Waals surface area contributed by atoms with Crippen molar-refractivity contribution in [2.45, 2.75) is 26.2 Å². The number of likely N-dealkylation sites (tertiary alicyclic amines) is 1. The molecule has 0 spiro atoms. The molecule has 7 nitrogen and oxygen atoms in total. The van der Waals surface area contributed by atoms with Crippen molar-refractivity contribution in [3.05, 3.63) is 40.4 Å². The van der Waals surface area contributed by atoms with Crippen LogP contribution < -0.4 is 4.90 Å². The van der Waals surface area contributed by atoms with Crippen LogP contribution in [0.15, 0.2) is 30.4 Å². The number of aliphatic carboxylic acids is 2. The van der Waals surface area contributed by atoms with Crippen molar-refractivity contribution in [3.8, 4) is 0 Å². The van der Waals surface area contributed by atoms with Crippen LogP contribution in [-0.4, -0.2) is 59.6 Å². The predicted molar refractivity (Wildman–Crippen MR) is 114 cm³/mol. The molecule has 0 atom stereocenters. The summed E-state index contributed by atoms with van der Waals surface area (Å²) in [6, 6.07) is 5.27. The Bertz CT molecular complexity index is 710. The fourth-order valence-electron chi connectivity index (χ4n) is 2.96. The first-order valence-corrected chi connectivity index (χ1v) is 9.96. The van der Waals surface area contributed by atoms with E-state index in [9.17, 15) is 14.4 Å². The van der Waals surface area contributed by atoms with Gasteiger partial charge in [-0.15, -0.1) is 0 Å². The average molecular weight is 445 g/mol. The molecule has 160 valence electrons. The largest absolute Gasteiger partial charge is 0.478 e. The van der Waals surface area contributed by atoms with Gasteiger partial charge in [0.25, 0.3) is 0 Å². The van der Waals surface area contributed by atoms with Gasteiger partial charge in [-0.2, -0.15) is 0 Å². The fourth-order valence-corrected chi connectivity index (χ4v) is 3.48. The highest BCUT2D eigenvalue weighted by Crippen LogP contribution is 2.27. The number of benzene rings is 1. The van der Waals surface area contributed by atoms with Crippen LogP contribution in [0.5, 0.6) is 0 Å². The van der Waals surface area contributed by atoms with Crippen LogP contribution in [0.1, 0.15) is 26.2 Å². The first kappa shape index (κ1) is 24.9. The summed E-state index contributed by atoms with van der Waals surface area (Å²) >= 11 is 12.1. The number of carbonyl (C=O) groups is 3. The van der Waals surface area contributed by atoms with Gasteiger partial charge in [-0.3, -0.25) is 4.79 Å². The van der Waals surface area contributed by atoms with Crippen LogP contribution >= 0.6 is 23.2 Å². The first-order chi connectivity index (χ1) is 13.6. The summed E-state index contributed by atoms with van der Waals surface area (Å²) in [4.78, 5) is 35.8. The molecule has 1 fully saturated rings. The van der Waals surface area contributed by atoms with Gasteiger partial charge < -0.3 is 20.0 Å².